The first-order chi connectivity index (χ1) is 6.33. The Morgan fingerprint density at radius 2 is 1.93 bits per heavy atom. The van der Waals surface area contributed by atoms with E-state index in [9.17, 15) is 0 Å². The topological polar surface area (TPSA) is 12.0 Å². The SMILES string of the molecule is CCCCCCC1CCCC(C)N1.Cl. The Balaban J connectivity index is 0.00000169. The van der Waals surface area contributed by atoms with Crippen molar-refractivity contribution < 1.29 is 0 Å². The minimum Gasteiger partial charge on any atom is -0.312 e. The van der Waals surface area contributed by atoms with Gasteiger partial charge in [-0.05, 0) is 26.2 Å². The highest BCUT2D eigenvalue weighted by Gasteiger charge is 2.16. The van der Waals surface area contributed by atoms with E-state index in [1.54, 1.807) is 0 Å². The van der Waals surface area contributed by atoms with Crippen LogP contribution in [0.15, 0.2) is 0 Å². The van der Waals surface area contributed by atoms with Gasteiger partial charge in [0.25, 0.3) is 0 Å². The average molecular weight is 220 g/mol. The molecule has 0 aromatic heterocycles. The molecular formula is C12H26ClN. The van der Waals surface area contributed by atoms with Crippen LogP contribution < -0.4 is 5.32 Å². The van der Waals surface area contributed by atoms with Crippen molar-refractivity contribution >= 4 is 12.4 Å². The fourth-order valence-corrected chi connectivity index (χ4v) is 2.28. The molecule has 1 heterocycles. The van der Waals surface area contributed by atoms with Gasteiger partial charge in [-0.2, -0.15) is 0 Å². The zero-order valence-corrected chi connectivity index (χ0v) is 10.5. The maximum Gasteiger partial charge on any atom is 0.00695 e. The van der Waals surface area contributed by atoms with Crippen molar-refractivity contribution in [3.8, 4) is 0 Å². The zero-order chi connectivity index (χ0) is 9.52. The van der Waals surface area contributed by atoms with Gasteiger partial charge in [0.15, 0.2) is 0 Å². The van der Waals surface area contributed by atoms with E-state index in [1.165, 1.54) is 51.4 Å². The van der Waals surface area contributed by atoms with Crippen molar-refractivity contribution in [2.45, 2.75) is 77.3 Å². The van der Waals surface area contributed by atoms with Crippen molar-refractivity contribution in [3.05, 3.63) is 0 Å². The summed E-state index contributed by atoms with van der Waals surface area (Å²) in [5.74, 6) is 0. The van der Waals surface area contributed by atoms with Crippen LogP contribution in [-0.2, 0) is 0 Å². The fourth-order valence-electron chi connectivity index (χ4n) is 2.28. The van der Waals surface area contributed by atoms with E-state index in [0.29, 0.717) is 0 Å². The second-order valence-electron chi connectivity index (χ2n) is 4.54. The standard InChI is InChI=1S/C12H25N.ClH/c1-3-4-5-6-9-12-10-7-8-11(2)13-12;/h11-13H,3-10H2,1-2H3;1H. The van der Waals surface area contributed by atoms with Crippen molar-refractivity contribution in [2.75, 3.05) is 0 Å². The van der Waals surface area contributed by atoms with Crippen molar-refractivity contribution in [1.82, 2.24) is 5.32 Å². The smallest absolute Gasteiger partial charge is 0.00695 e. The highest BCUT2D eigenvalue weighted by molar-refractivity contribution is 5.85. The molecule has 0 aromatic carbocycles. The van der Waals surface area contributed by atoms with Crippen LogP contribution in [0, 0.1) is 0 Å². The monoisotopic (exact) mass is 219 g/mol. The molecule has 0 radical (unpaired) electrons. The van der Waals surface area contributed by atoms with E-state index in [0.717, 1.165) is 12.1 Å². The first kappa shape index (κ1) is 14.2. The van der Waals surface area contributed by atoms with Crippen molar-refractivity contribution in [2.24, 2.45) is 0 Å². The maximum atomic E-state index is 3.69. The lowest BCUT2D eigenvalue weighted by molar-refractivity contribution is 0.315. The van der Waals surface area contributed by atoms with E-state index in [2.05, 4.69) is 19.2 Å². The first-order valence-electron chi connectivity index (χ1n) is 6.09. The van der Waals surface area contributed by atoms with Gasteiger partial charge in [0, 0.05) is 12.1 Å². The van der Waals surface area contributed by atoms with Crippen molar-refractivity contribution in [1.29, 1.82) is 0 Å². The number of unbranched alkanes of at least 4 members (excludes halogenated alkanes) is 3. The van der Waals surface area contributed by atoms with E-state index in [4.69, 9.17) is 0 Å². The molecule has 0 amide bonds. The second-order valence-corrected chi connectivity index (χ2v) is 4.54. The molecule has 0 aromatic rings. The Hall–Kier alpha value is 0.250. The molecule has 0 aliphatic carbocycles. The number of hydrogen-bond donors (Lipinski definition) is 1. The molecule has 1 fully saturated rings. The summed E-state index contributed by atoms with van der Waals surface area (Å²) in [6.07, 6.45) is 11.3. The Labute approximate surface area is 95.5 Å². The van der Waals surface area contributed by atoms with Crippen LogP contribution in [0.25, 0.3) is 0 Å². The highest BCUT2D eigenvalue weighted by Crippen LogP contribution is 2.17. The van der Waals surface area contributed by atoms with E-state index in [1.807, 2.05) is 0 Å². The third-order valence-corrected chi connectivity index (χ3v) is 3.12. The summed E-state index contributed by atoms with van der Waals surface area (Å²) in [7, 11) is 0. The summed E-state index contributed by atoms with van der Waals surface area (Å²) in [6.45, 7) is 4.60. The molecule has 1 nitrogen and oxygen atoms in total. The lowest BCUT2D eigenvalue weighted by atomic mass is 9.95. The Bertz CT molecular complexity index is 127. The van der Waals surface area contributed by atoms with Gasteiger partial charge in [0.2, 0.25) is 0 Å². The molecule has 0 saturated carbocycles. The summed E-state index contributed by atoms with van der Waals surface area (Å²) in [5, 5.41) is 3.69. The number of nitrogens with one attached hydrogen (secondary N) is 1. The van der Waals surface area contributed by atoms with Gasteiger partial charge in [0.1, 0.15) is 0 Å². The van der Waals surface area contributed by atoms with Crippen LogP contribution in [-0.4, -0.2) is 12.1 Å². The van der Waals surface area contributed by atoms with Gasteiger partial charge in [-0.3, -0.25) is 0 Å². The summed E-state index contributed by atoms with van der Waals surface area (Å²) in [5.41, 5.74) is 0. The molecule has 86 valence electrons. The van der Waals surface area contributed by atoms with Crippen LogP contribution in [0.5, 0.6) is 0 Å². The summed E-state index contributed by atoms with van der Waals surface area (Å²) < 4.78 is 0. The minimum atomic E-state index is 0. The number of hydrogen-bond acceptors (Lipinski definition) is 1. The summed E-state index contributed by atoms with van der Waals surface area (Å²) in [6, 6.07) is 1.60. The van der Waals surface area contributed by atoms with E-state index >= 15 is 0 Å². The molecule has 14 heavy (non-hydrogen) atoms. The lowest BCUT2D eigenvalue weighted by Gasteiger charge is -2.28. The average Bonchev–Trinajstić information content (AvgIpc) is 2.13. The second kappa shape index (κ2) is 8.55. The normalized spacial score (nSPS) is 27.0. The molecule has 1 N–H and O–H groups in total. The Morgan fingerprint density at radius 1 is 1.14 bits per heavy atom. The van der Waals surface area contributed by atoms with Gasteiger partial charge in [0.05, 0.1) is 0 Å². The molecule has 1 rings (SSSR count). The Kier molecular flexibility index (Phi) is 8.70. The number of piperidine rings is 1. The minimum absolute atomic E-state index is 0. The Morgan fingerprint density at radius 3 is 2.57 bits per heavy atom. The first-order valence-corrected chi connectivity index (χ1v) is 6.09. The van der Waals surface area contributed by atoms with Crippen molar-refractivity contribution in [3.63, 3.8) is 0 Å². The maximum absolute atomic E-state index is 3.69. The highest BCUT2D eigenvalue weighted by atomic mass is 35.5. The molecule has 0 spiro atoms. The van der Waals surface area contributed by atoms with Crippen LogP contribution in [0.1, 0.15) is 65.2 Å². The quantitative estimate of drug-likeness (QED) is 0.692. The van der Waals surface area contributed by atoms with Gasteiger partial charge < -0.3 is 5.32 Å². The predicted octanol–water partition coefficient (Wildman–Crippen LogP) is 3.91. The fraction of sp³-hybridized carbons (Fsp3) is 1.00. The van der Waals surface area contributed by atoms with Gasteiger partial charge in [-0.15, -0.1) is 12.4 Å². The molecule has 2 heteroatoms. The summed E-state index contributed by atoms with van der Waals surface area (Å²) in [4.78, 5) is 0. The lowest BCUT2D eigenvalue weighted by Crippen LogP contribution is -2.40. The van der Waals surface area contributed by atoms with E-state index in [-0.39, 0.29) is 12.4 Å². The van der Waals surface area contributed by atoms with Gasteiger partial charge in [-0.25, -0.2) is 0 Å². The van der Waals surface area contributed by atoms with Crippen LogP contribution in [0.3, 0.4) is 0 Å². The van der Waals surface area contributed by atoms with Gasteiger partial charge >= 0.3 is 0 Å². The molecule has 0 bridgehead atoms. The largest absolute Gasteiger partial charge is 0.312 e. The van der Waals surface area contributed by atoms with Crippen LogP contribution in [0.2, 0.25) is 0 Å². The third-order valence-electron chi connectivity index (χ3n) is 3.12. The molecule has 1 aliphatic heterocycles. The van der Waals surface area contributed by atoms with Crippen LogP contribution >= 0.6 is 12.4 Å². The summed E-state index contributed by atoms with van der Waals surface area (Å²) >= 11 is 0. The molecule has 1 aliphatic rings. The third kappa shape index (κ3) is 5.87. The zero-order valence-electron chi connectivity index (χ0n) is 9.72. The number of halogens is 1. The predicted molar refractivity (Wildman–Crippen MR) is 66.2 cm³/mol. The molecule has 2 atom stereocenters. The number of rotatable bonds is 5. The van der Waals surface area contributed by atoms with E-state index < -0.39 is 0 Å². The van der Waals surface area contributed by atoms with Crippen LogP contribution in [0.4, 0.5) is 0 Å². The molecule has 2 unspecified atom stereocenters. The molecular weight excluding hydrogens is 194 g/mol. The van der Waals surface area contributed by atoms with Gasteiger partial charge in [-0.1, -0.05) is 39.0 Å². The molecule has 1 saturated heterocycles.